The topological polar surface area (TPSA) is 41.6 Å². The lowest BCUT2D eigenvalue weighted by Crippen LogP contribution is -2.59. The molecule has 1 heterocycles. The van der Waals surface area contributed by atoms with Crippen LogP contribution < -0.4 is 5.32 Å². The number of carbonyl (C=O) groups excluding carboxylic acids is 1. The van der Waals surface area contributed by atoms with E-state index in [-0.39, 0.29) is 17.6 Å². The maximum absolute atomic E-state index is 12.6. The van der Waals surface area contributed by atoms with E-state index in [2.05, 4.69) is 26.1 Å². The third-order valence-corrected chi connectivity index (χ3v) is 4.82. The predicted octanol–water partition coefficient (Wildman–Crippen LogP) is 5.40. The van der Waals surface area contributed by atoms with E-state index in [1.807, 2.05) is 13.8 Å². The number of benzene rings is 1. The van der Waals surface area contributed by atoms with Gasteiger partial charge in [0.1, 0.15) is 5.72 Å². The Labute approximate surface area is 148 Å². The molecule has 0 radical (unpaired) electrons. The number of carbonyl (C=O) groups is 1. The van der Waals surface area contributed by atoms with Crippen molar-refractivity contribution in [2.24, 2.45) is 5.41 Å². The van der Waals surface area contributed by atoms with E-state index in [0.717, 1.165) is 6.42 Å². The van der Waals surface area contributed by atoms with Gasteiger partial charge in [0.15, 0.2) is 0 Å². The van der Waals surface area contributed by atoms with Crippen molar-refractivity contribution < 1.29 is 9.53 Å². The molecule has 1 fully saturated rings. The number of ether oxygens (including phenoxy) is 1. The molecule has 1 atom stereocenters. The highest BCUT2D eigenvalue weighted by atomic mass is 35.5. The summed E-state index contributed by atoms with van der Waals surface area (Å²) in [5.41, 5.74) is -0.0156. The summed E-state index contributed by atoms with van der Waals surface area (Å²) in [7, 11) is 0. The van der Waals surface area contributed by atoms with Gasteiger partial charge in [-0.15, -0.1) is 0 Å². The third-order valence-electron chi connectivity index (χ3n) is 4.08. The van der Waals surface area contributed by atoms with Gasteiger partial charge in [-0.3, -0.25) is 4.90 Å². The maximum Gasteiger partial charge on any atom is 0.324 e. The second kappa shape index (κ2) is 6.50. The number of anilines is 1. The molecule has 4 nitrogen and oxygen atoms in total. The van der Waals surface area contributed by atoms with E-state index in [9.17, 15) is 4.79 Å². The van der Waals surface area contributed by atoms with E-state index >= 15 is 0 Å². The highest BCUT2D eigenvalue weighted by Crippen LogP contribution is 2.35. The van der Waals surface area contributed by atoms with Gasteiger partial charge in [-0.2, -0.15) is 0 Å². The Morgan fingerprint density at radius 2 is 1.96 bits per heavy atom. The Morgan fingerprint density at radius 1 is 1.30 bits per heavy atom. The van der Waals surface area contributed by atoms with E-state index in [0.29, 0.717) is 22.3 Å². The summed E-state index contributed by atoms with van der Waals surface area (Å²) >= 11 is 11.9. The van der Waals surface area contributed by atoms with E-state index < -0.39 is 5.72 Å². The second-order valence-electron chi connectivity index (χ2n) is 7.42. The van der Waals surface area contributed by atoms with Crippen LogP contribution in [0.5, 0.6) is 0 Å². The second-order valence-corrected chi connectivity index (χ2v) is 8.23. The highest BCUT2D eigenvalue weighted by molar-refractivity contribution is 6.42. The summed E-state index contributed by atoms with van der Waals surface area (Å²) in [6.45, 7) is 10.9. The van der Waals surface area contributed by atoms with Crippen LogP contribution in [-0.4, -0.2) is 29.3 Å². The standard InChI is InChI=1S/C17H24Cl2N2O2/c1-16(2,3)14-8-9-21(17(4,5)23-14)15(22)20-11-6-7-12(18)13(19)10-11/h6-7,10,14H,8-9H2,1-5H3,(H,20,22). The first-order chi connectivity index (χ1) is 10.5. The molecule has 0 aromatic heterocycles. The van der Waals surface area contributed by atoms with Gasteiger partial charge in [-0.1, -0.05) is 44.0 Å². The number of halogens is 2. The molecule has 1 aromatic carbocycles. The molecule has 23 heavy (non-hydrogen) atoms. The van der Waals surface area contributed by atoms with Crippen LogP contribution in [-0.2, 0) is 4.74 Å². The van der Waals surface area contributed by atoms with Crippen molar-refractivity contribution in [2.75, 3.05) is 11.9 Å². The van der Waals surface area contributed by atoms with Gasteiger partial charge in [0.05, 0.1) is 16.1 Å². The van der Waals surface area contributed by atoms with Crippen molar-refractivity contribution in [1.82, 2.24) is 4.90 Å². The van der Waals surface area contributed by atoms with Crippen LogP contribution in [0, 0.1) is 5.41 Å². The molecular formula is C17H24Cl2N2O2. The first kappa shape index (κ1) is 18.4. The molecule has 0 bridgehead atoms. The molecule has 1 saturated heterocycles. The summed E-state index contributed by atoms with van der Waals surface area (Å²) in [6, 6.07) is 4.81. The SMILES string of the molecule is CC(C)(C)C1CCN(C(=O)Nc2ccc(Cl)c(Cl)c2)C(C)(C)O1. The van der Waals surface area contributed by atoms with Crippen molar-refractivity contribution in [3.63, 3.8) is 0 Å². The molecule has 1 aliphatic heterocycles. The third kappa shape index (κ3) is 4.31. The van der Waals surface area contributed by atoms with E-state index in [1.165, 1.54) is 0 Å². The molecule has 1 aliphatic rings. The van der Waals surface area contributed by atoms with Gasteiger partial charge in [-0.05, 0) is 43.9 Å². The largest absolute Gasteiger partial charge is 0.352 e. The van der Waals surface area contributed by atoms with Crippen molar-refractivity contribution in [2.45, 2.75) is 52.9 Å². The zero-order valence-corrected chi connectivity index (χ0v) is 15.8. The fourth-order valence-electron chi connectivity index (χ4n) is 2.71. The van der Waals surface area contributed by atoms with Gasteiger partial charge >= 0.3 is 6.03 Å². The molecular weight excluding hydrogens is 335 g/mol. The lowest BCUT2D eigenvalue weighted by Gasteiger charge is -2.48. The van der Waals surface area contributed by atoms with Crippen LogP contribution in [0.1, 0.15) is 41.0 Å². The van der Waals surface area contributed by atoms with Crippen molar-refractivity contribution >= 4 is 34.9 Å². The molecule has 2 rings (SSSR count). The van der Waals surface area contributed by atoms with Gasteiger partial charge in [0.25, 0.3) is 0 Å². The number of nitrogens with one attached hydrogen (secondary N) is 1. The van der Waals surface area contributed by atoms with Crippen molar-refractivity contribution in [3.05, 3.63) is 28.2 Å². The number of urea groups is 1. The Hall–Kier alpha value is -0.970. The smallest absolute Gasteiger partial charge is 0.324 e. The number of hydrogen-bond donors (Lipinski definition) is 1. The minimum Gasteiger partial charge on any atom is -0.352 e. The zero-order valence-electron chi connectivity index (χ0n) is 14.2. The maximum atomic E-state index is 12.6. The average Bonchev–Trinajstić information content (AvgIpc) is 2.40. The Kier molecular flexibility index (Phi) is 5.19. The van der Waals surface area contributed by atoms with Gasteiger partial charge in [-0.25, -0.2) is 4.79 Å². The van der Waals surface area contributed by atoms with Crippen LogP contribution in [0.2, 0.25) is 10.0 Å². The number of amides is 2. The molecule has 0 aliphatic carbocycles. The quantitative estimate of drug-likeness (QED) is 0.730. The normalized spacial score (nSPS) is 21.2. The molecule has 2 amide bonds. The lowest BCUT2D eigenvalue weighted by molar-refractivity contribution is -0.204. The molecule has 1 aromatic rings. The Morgan fingerprint density at radius 3 is 2.48 bits per heavy atom. The summed E-state index contributed by atoms with van der Waals surface area (Å²) < 4.78 is 6.17. The average molecular weight is 359 g/mol. The molecule has 1 unspecified atom stereocenters. The zero-order chi connectivity index (χ0) is 17.4. The summed E-state index contributed by atoms with van der Waals surface area (Å²) in [4.78, 5) is 14.3. The minimum absolute atomic E-state index is 0.0452. The molecule has 0 spiro atoms. The lowest BCUT2D eigenvalue weighted by atomic mass is 9.85. The Bertz CT molecular complexity index is 597. The summed E-state index contributed by atoms with van der Waals surface area (Å²) in [5.74, 6) is 0. The Balaban J connectivity index is 2.09. The minimum atomic E-state index is -0.670. The predicted molar refractivity (Wildman–Crippen MR) is 95.2 cm³/mol. The first-order valence-electron chi connectivity index (χ1n) is 7.72. The highest BCUT2D eigenvalue weighted by Gasteiger charge is 2.42. The summed E-state index contributed by atoms with van der Waals surface area (Å²) in [5, 5.41) is 3.72. The van der Waals surface area contributed by atoms with Crippen LogP contribution in [0.25, 0.3) is 0 Å². The van der Waals surface area contributed by atoms with E-state index in [4.69, 9.17) is 27.9 Å². The fraction of sp³-hybridized carbons (Fsp3) is 0.588. The number of hydrogen-bond acceptors (Lipinski definition) is 2. The van der Waals surface area contributed by atoms with Gasteiger partial charge in [0, 0.05) is 12.2 Å². The number of nitrogens with zero attached hydrogens (tertiary/aromatic N) is 1. The van der Waals surface area contributed by atoms with Crippen LogP contribution in [0.15, 0.2) is 18.2 Å². The van der Waals surface area contributed by atoms with E-state index in [1.54, 1.807) is 23.1 Å². The number of rotatable bonds is 1. The van der Waals surface area contributed by atoms with Crippen LogP contribution in [0.3, 0.4) is 0 Å². The van der Waals surface area contributed by atoms with Crippen LogP contribution >= 0.6 is 23.2 Å². The first-order valence-corrected chi connectivity index (χ1v) is 8.48. The molecule has 128 valence electrons. The van der Waals surface area contributed by atoms with Crippen molar-refractivity contribution in [3.8, 4) is 0 Å². The van der Waals surface area contributed by atoms with Gasteiger partial charge in [0.2, 0.25) is 0 Å². The molecule has 1 N–H and O–H groups in total. The fourth-order valence-corrected chi connectivity index (χ4v) is 3.01. The van der Waals surface area contributed by atoms with Crippen LogP contribution in [0.4, 0.5) is 10.5 Å². The van der Waals surface area contributed by atoms with Gasteiger partial charge < -0.3 is 10.1 Å². The monoisotopic (exact) mass is 358 g/mol. The van der Waals surface area contributed by atoms with Crippen molar-refractivity contribution in [1.29, 1.82) is 0 Å². The molecule has 6 heteroatoms. The summed E-state index contributed by atoms with van der Waals surface area (Å²) in [6.07, 6.45) is 0.924. The molecule has 0 saturated carbocycles.